The first-order valence-electron chi connectivity index (χ1n) is 21.4. The molecule has 4 fully saturated rings. The first-order valence-corrected chi connectivity index (χ1v) is 21.4. The van der Waals surface area contributed by atoms with E-state index >= 15 is 0 Å². The number of rotatable bonds is 11. The molecule has 0 spiro atoms. The lowest BCUT2D eigenvalue weighted by molar-refractivity contribution is -0.252. The van der Waals surface area contributed by atoms with Crippen LogP contribution in [0.2, 0.25) is 0 Å². The third kappa shape index (κ3) is 6.13. The molecular formula is C46H69N5O5. The molecule has 10 nitrogen and oxygen atoms in total. The SMILES string of the molecule is CC(C)[C@@H](C)[C@@]1(C)CC[C@]2(C)[C@H]3CC[C@@H]4[C@@]5(COC[C@@]4(C)[C@@H](OC[C@](C)(N)C(C)C)[C@H](n4ncnc4C(=O)NCc4ccccc4)C5)C3=CC[C@@]2(C)[C@@H]1C(=O)O. The molecule has 2 heterocycles. The first-order chi connectivity index (χ1) is 26.3. The van der Waals surface area contributed by atoms with Gasteiger partial charge in [-0.1, -0.05) is 104 Å². The summed E-state index contributed by atoms with van der Waals surface area (Å²) < 4.78 is 15.7. The number of hydrogen-bond acceptors (Lipinski definition) is 7. The van der Waals surface area contributed by atoms with Crippen molar-refractivity contribution in [3.63, 3.8) is 0 Å². The van der Waals surface area contributed by atoms with Crippen molar-refractivity contribution in [1.29, 1.82) is 0 Å². The van der Waals surface area contributed by atoms with Gasteiger partial charge in [0.1, 0.15) is 6.33 Å². The molecule has 2 aromatic rings. The van der Waals surface area contributed by atoms with Crippen LogP contribution in [0.5, 0.6) is 0 Å². The number of nitrogens with zero attached hydrogens (tertiary/aromatic N) is 3. The van der Waals surface area contributed by atoms with E-state index in [4.69, 9.17) is 20.3 Å². The van der Waals surface area contributed by atoms with Crippen LogP contribution in [0.3, 0.4) is 0 Å². The zero-order valence-electron chi connectivity index (χ0n) is 35.7. The second kappa shape index (κ2) is 14.3. The van der Waals surface area contributed by atoms with Crippen molar-refractivity contribution < 1.29 is 24.2 Å². The maximum absolute atomic E-state index is 14.0. The highest BCUT2D eigenvalue weighted by molar-refractivity contribution is 5.90. The standard InChI is InChI=1S/C46H69N5O5/c1-28(2)30(5)41(6)20-21-43(8)32-16-17-35-42(7)24-55-26-46(35,33(32)18-19-44(43,9)36(41)40(53)54)22-34(37(42)56-25-45(10,47)29(3)4)51-38(49-27-50-51)39(52)48-23-31-14-12-11-13-15-31/h11-15,18,27-30,32,34-37H,16-17,19-26,47H2,1-10H3,(H,48,52)(H,53,54)/t30-,32+,34-,35+,36-,37+,41-,42-,43-,44+,45+,46+/m1/s1. The van der Waals surface area contributed by atoms with Gasteiger partial charge in [0.15, 0.2) is 0 Å². The number of nitrogens with two attached hydrogens (primary N) is 1. The third-order valence-corrected chi connectivity index (χ3v) is 17.4. The van der Waals surface area contributed by atoms with Crippen molar-refractivity contribution in [2.75, 3.05) is 19.8 Å². The number of carboxylic acid groups (broad SMARTS) is 1. The van der Waals surface area contributed by atoms with Crippen LogP contribution in [-0.2, 0) is 20.8 Å². The molecule has 2 bridgehead atoms. The van der Waals surface area contributed by atoms with E-state index in [2.05, 4.69) is 85.6 Å². The molecule has 1 aromatic carbocycles. The van der Waals surface area contributed by atoms with Crippen LogP contribution in [0.1, 0.15) is 130 Å². The summed E-state index contributed by atoms with van der Waals surface area (Å²) in [5, 5.41) is 19.1. The van der Waals surface area contributed by atoms with Crippen LogP contribution in [0.25, 0.3) is 0 Å². The van der Waals surface area contributed by atoms with E-state index in [-0.39, 0.29) is 63.8 Å². The Balaban J connectivity index is 1.31. The Kier molecular flexibility index (Phi) is 10.5. The Bertz CT molecular complexity index is 1820. The van der Waals surface area contributed by atoms with Gasteiger partial charge < -0.3 is 25.6 Å². The number of carbonyl (C=O) groups excluding carboxylic acids is 1. The highest BCUT2D eigenvalue weighted by Crippen LogP contribution is 2.75. The number of carboxylic acids is 1. The first kappa shape index (κ1) is 41.1. The maximum atomic E-state index is 14.0. The number of benzene rings is 1. The van der Waals surface area contributed by atoms with E-state index in [1.54, 1.807) is 0 Å². The van der Waals surface area contributed by atoms with Crippen molar-refractivity contribution in [3.8, 4) is 0 Å². The summed E-state index contributed by atoms with van der Waals surface area (Å²) in [5.74, 6) is 0.251. The third-order valence-electron chi connectivity index (χ3n) is 17.4. The number of aliphatic carboxylic acids is 1. The molecule has 0 unspecified atom stereocenters. The highest BCUT2D eigenvalue weighted by Gasteiger charge is 2.72. The monoisotopic (exact) mass is 772 g/mol. The Morgan fingerprint density at radius 1 is 1.05 bits per heavy atom. The number of ether oxygens (including phenoxy) is 2. The molecule has 5 aliphatic rings. The predicted molar refractivity (Wildman–Crippen MR) is 217 cm³/mol. The van der Waals surface area contributed by atoms with Gasteiger partial charge in [-0.2, -0.15) is 5.10 Å². The van der Waals surface area contributed by atoms with Gasteiger partial charge in [0, 0.05) is 22.9 Å². The van der Waals surface area contributed by atoms with Gasteiger partial charge in [0.05, 0.1) is 37.9 Å². The van der Waals surface area contributed by atoms with Crippen molar-refractivity contribution >= 4 is 11.9 Å². The van der Waals surface area contributed by atoms with Crippen molar-refractivity contribution in [3.05, 3.63) is 59.7 Å². The average molecular weight is 772 g/mol. The lowest BCUT2D eigenvalue weighted by Gasteiger charge is -2.71. The smallest absolute Gasteiger partial charge is 0.307 e. The van der Waals surface area contributed by atoms with E-state index < -0.39 is 28.3 Å². The fourth-order valence-electron chi connectivity index (χ4n) is 13.1. The van der Waals surface area contributed by atoms with E-state index in [0.717, 1.165) is 37.7 Å². The molecule has 308 valence electrons. The molecule has 0 radical (unpaired) electrons. The molecule has 7 rings (SSSR count). The molecule has 4 N–H and O–H groups in total. The molecule has 12 atom stereocenters. The highest BCUT2D eigenvalue weighted by atomic mass is 16.5. The fraction of sp³-hybridized carbons (Fsp3) is 0.739. The molecule has 1 amide bonds. The summed E-state index contributed by atoms with van der Waals surface area (Å²) in [6, 6.07) is 9.58. The minimum Gasteiger partial charge on any atom is -0.481 e. The summed E-state index contributed by atoms with van der Waals surface area (Å²) in [4.78, 5) is 32.1. The molecule has 1 aliphatic heterocycles. The number of fused-ring (bicyclic) bond motifs is 3. The Hall–Kier alpha value is -3.08. The van der Waals surface area contributed by atoms with Gasteiger partial charge >= 0.3 is 5.97 Å². The maximum Gasteiger partial charge on any atom is 0.307 e. The van der Waals surface area contributed by atoms with Crippen LogP contribution in [-0.4, -0.2) is 63.2 Å². The lowest BCUT2D eigenvalue weighted by Crippen LogP contribution is -2.69. The van der Waals surface area contributed by atoms with E-state index in [9.17, 15) is 14.7 Å². The van der Waals surface area contributed by atoms with E-state index in [1.165, 1.54) is 11.9 Å². The summed E-state index contributed by atoms with van der Waals surface area (Å²) in [6.07, 6.45) is 8.94. The molecule has 10 heteroatoms. The number of carbonyl (C=O) groups is 2. The van der Waals surface area contributed by atoms with Crippen molar-refractivity contribution in [2.45, 2.75) is 132 Å². The van der Waals surface area contributed by atoms with E-state index in [1.807, 2.05) is 35.0 Å². The average Bonchev–Trinajstić information content (AvgIpc) is 3.63. The number of allylic oxidation sites excluding steroid dienone is 1. The number of amides is 1. The summed E-state index contributed by atoms with van der Waals surface area (Å²) in [5.41, 5.74) is 7.09. The zero-order chi connectivity index (χ0) is 40.6. The van der Waals surface area contributed by atoms with Crippen molar-refractivity contribution in [2.24, 2.45) is 68.3 Å². The molecular weight excluding hydrogens is 703 g/mol. The van der Waals surface area contributed by atoms with Gasteiger partial charge in [-0.05, 0) is 96.8 Å². The van der Waals surface area contributed by atoms with Crippen molar-refractivity contribution in [1.82, 2.24) is 20.1 Å². The Morgan fingerprint density at radius 2 is 1.77 bits per heavy atom. The topological polar surface area (TPSA) is 142 Å². The normalized spacial score (nSPS) is 39.4. The second-order valence-corrected chi connectivity index (χ2v) is 20.7. The molecule has 56 heavy (non-hydrogen) atoms. The number of aromatic nitrogens is 3. The van der Waals surface area contributed by atoms with Crippen LogP contribution in [0.15, 0.2) is 48.3 Å². The van der Waals surface area contributed by atoms with Gasteiger partial charge in [0.2, 0.25) is 5.82 Å². The van der Waals surface area contributed by atoms with Crippen LogP contribution in [0, 0.1) is 62.6 Å². The van der Waals surface area contributed by atoms with Crippen LogP contribution in [0.4, 0.5) is 0 Å². The van der Waals surface area contributed by atoms with Gasteiger partial charge in [-0.25, -0.2) is 9.67 Å². The van der Waals surface area contributed by atoms with Gasteiger partial charge in [0.25, 0.3) is 5.91 Å². The summed E-state index contributed by atoms with van der Waals surface area (Å²) >= 11 is 0. The fourth-order valence-corrected chi connectivity index (χ4v) is 13.1. The lowest BCUT2D eigenvalue weighted by atomic mass is 9.34. The largest absolute Gasteiger partial charge is 0.481 e. The predicted octanol–water partition coefficient (Wildman–Crippen LogP) is 8.10. The molecule has 1 saturated heterocycles. The second-order valence-electron chi connectivity index (χ2n) is 20.7. The van der Waals surface area contributed by atoms with Crippen LogP contribution >= 0.6 is 0 Å². The molecule has 4 aliphatic carbocycles. The Labute approximate surface area is 335 Å². The van der Waals surface area contributed by atoms with Crippen LogP contribution < -0.4 is 11.1 Å². The number of nitrogens with one attached hydrogen (secondary N) is 1. The minimum atomic E-state index is -0.652. The van der Waals surface area contributed by atoms with Gasteiger partial charge in [-0.15, -0.1) is 0 Å². The quantitative estimate of drug-likeness (QED) is 0.195. The minimum absolute atomic E-state index is 0.193. The molecule has 1 aromatic heterocycles. The zero-order valence-corrected chi connectivity index (χ0v) is 35.7. The Morgan fingerprint density at radius 3 is 2.43 bits per heavy atom. The van der Waals surface area contributed by atoms with Gasteiger partial charge in [-0.3, -0.25) is 9.59 Å². The summed E-state index contributed by atoms with van der Waals surface area (Å²) in [7, 11) is 0. The summed E-state index contributed by atoms with van der Waals surface area (Å²) in [6.45, 7) is 24.2. The number of hydrogen-bond donors (Lipinski definition) is 3. The van der Waals surface area contributed by atoms with E-state index in [0.29, 0.717) is 38.7 Å². The molecule has 3 saturated carbocycles.